The molecule has 1 aliphatic heterocycles. The van der Waals surface area contributed by atoms with Crippen LogP contribution in [0.25, 0.3) is 0 Å². The van der Waals surface area contributed by atoms with Gasteiger partial charge in [0.2, 0.25) is 0 Å². The molecular weight excluding hydrogens is 478 g/mol. The van der Waals surface area contributed by atoms with Crippen molar-refractivity contribution >= 4 is 25.9 Å². The van der Waals surface area contributed by atoms with Crippen molar-refractivity contribution in [3.63, 3.8) is 0 Å². The normalized spacial score (nSPS) is 15.6. The third-order valence-electron chi connectivity index (χ3n) is 4.87. The van der Waals surface area contributed by atoms with Crippen molar-refractivity contribution < 1.29 is 25.9 Å². The summed E-state index contributed by atoms with van der Waals surface area (Å²) in [6.07, 6.45) is 4.77. The number of benzene rings is 2. The van der Waals surface area contributed by atoms with Gasteiger partial charge in [0.25, 0.3) is 20.2 Å². The molecule has 2 aromatic carbocycles. The Labute approximate surface area is 200 Å². The Hall–Kier alpha value is -2.83. The minimum atomic E-state index is -4.02. The van der Waals surface area contributed by atoms with Gasteiger partial charge >= 0.3 is 0 Å². The van der Waals surface area contributed by atoms with E-state index in [4.69, 9.17) is 14.8 Å². The molecule has 0 amide bonds. The minimum absolute atomic E-state index is 0.0666. The highest BCUT2D eigenvalue weighted by Crippen LogP contribution is 2.17. The molecule has 2 heterocycles. The molecule has 4 rings (SSSR count). The lowest BCUT2D eigenvalue weighted by Gasteiger charge is -2.16. The van der Waals surface area contributed by atoms with Crippen molar-refractivity contribution in [2.24, 2.45) is 5.73 Å². The molecule has 4 N–H and O–H groups in total. The first-order valence-electron chi connectivity index (χ1n) is 10.3. The van der Waals surface area contributed by atoms with Gasteiger partial charge in [-0.2, -0.15) is 16.8 Å². The zero-order chi connectivity index (χ0) is 25.4. The molecule has 0 spiro atoms. The summed E-state index contributed by atoms with van der Waals surface area (Å²) in [5.74, 6) is 0. The number of nitrogens with zero attached hydrogens (tertiary/aromatic N) is 2. The van der Waals surface area contributed by atoms with Crippen LogP contribution in [0.1, 0.15) is 17.5 Å². The summed E-state index contributed by atoms with van der Waals surface area (Å²) in [6, 6.07) is 16.3. The largest absolute Gasteiger partial charge is 0.369 e. The number of nitrogens with two attached hydrogens (primary N) is 1. The van der Waals surface area contributed by atoms with Gasteiger partial charge < -0.3 is 10.6 Å². The van der Waals surface area contributed by atoms with Gasteiger partial charge in [-0.1, -0.05) is 35.4 Å². The van der Waals surface area contributed by atoms with E-state index in [1.54, 1.807) is 30.5 Å². The molecule has 9 nitrogen and oxygen atoms in total. The van der Waals surface area contributed by atoms with E-state index in [1.165, 1.54) is 30.0 Å². The molecule has 34 heavy (non-hydrogen) atoms. The summed E-state index contributed by atoms with van der Waals surface area (Å²) in [7, 11) is -8.04. The topological polar surface area (TPSA) is 151 Å². The number of hydrogen-bond donors (Lipinski definition) is 3. The molecule has 0 bridgehead atoms. The fraction of sp³-hybridized carbons (Fsp3) is 0.261. The van der Waals surface area contributed by atoms with Crippen molar-refractivity contribution in [3.8, 4) is 0 Å². The zero-order valence-electron chi connectivity index (χ0n) is 18.9. The third kappa shape index (κ3) is 9.20. The van der Waals surface area contributed by atoms with Crippen LogP contribution in [0.15, 0.2) is 82.8 Å². The Balaban J connectivity index is 0.000000181. The van der Waals surface area contributed by atoms with E-state index >= 15 is 0 Å². The SMILES string of the molecule is Cc1ccc(S(=O)(=O)O)cc1.Cc1ccc(S(=O)(=O)O)cc1.NC1CCN(c2cccnc2)C1. The van der Waals surface area contributed by atoms with E-state index in [0.717, 1.165) is 30.6 Å². The summed E-state index contributed by atoms with van der Waals surface area (Å²) < 4.78 is 59.1. The molecule has 1 saturated heterocycles. The zero-order valence-corrected chi connectivity index (χ0v) is 20.6. The molecule has 1 fully saturated rings. The highest BCUT2D eigenvalue weighted by atomic mass is 32.2. The van der Waals surface area contributed by atoms with Crippen molar-refractivity contribution in [1.29, 1.82) is 0 Å². The van der Waals surface area contributed by atoms with Crippen LogP contribution >= 0.6 is 0 Å². The van der Waals surface area contributed by atoms with Gasteiger partial charge in [0.1, 0.15) is 0 Å². The van der Waals surface area contributed by atoms with Crippen LogP contribution in [0.4, 0.5) is 5.69 Å². The number of anilines is 1. The third-order valence-corrected chi connectivity index (χ3v) is 6.61. The quantitative estimate of drug-likeness (QED) is 0.454. The number of aromatic nitrogens is 1. The average Bonchev–Trinajstić information content (AvgIpc) is 3.21. The molecule has 1 aromatic heterocycles. The van der Waals surface area contributed by atoms with Crippen LogP contribution in [-0.2, 0) is 20.2 Å². The molecule has 11 heteroatoms. The van der Waals surface area contributed by atoms with E-state index in [-0.39, 0.29) is 9.79 Å². The summed E-state index contributed by atoms with van der Waals surface area (Å²) >= 11 is 0. The molecule has 1 aliphatic rings. The van der Waals surface area contributed by atoms with Gasteiger partial charge in [-0.05, 0) is 56.7 Å². The number of pyridine rings is 1. The highest BCUT2D eigenvalue weighted by Gasteiger charge is 2.18. The smallest absolute Gasteiger partial charge is 0.294 e. The van der Waals surface area contributed by atoms with Crippen LogP contribution in [0, 0.1) is 13.8 Å². The van der Waals surface area contributed by atoms with E-state index in [2.05, 4.69) is 16.0 Å². The first kappa shape index (κ1) is 27.4. The van der Waals surface area contributed by atoms with Crippen molar-refractivity contribution in [3.05, 3.63) is 84.2 Å². The second-order valence-corrected chi connectivity index (χ2v) is 10.6. The Bertz CT molecular complexity index is 1170. The predicted octanol–water partition coefficient (Wildman–Crippen LogP) is 3.10. The summed E-state index contributed by atoms with van der Waals surface area (Å²) in [5, 5.41) is 0. The van der Waals surface area contributed by atoms with Crippen LogP contribution < -0.4 is 10.6 Å². The van der Waals surface area contributed by atoms with Crippen molar-refractivity contribution in [2.45, 2.75) is 36.1 Å². The molecule has 0 saturated carbocycles. The van der Waals surface area contributed by atoms with E-state index < -0.39 is 20.2 Å². The Morgan fingerprint density at radius 3 is 1.65 bits per heavy atom. The van der Waals surface area contributed by atoms with E-state index in [0.29, 0.717) is 6.04 Å². The second-order valence-electron chi connectivity index (χ2n) is 7.78. The van der Waals surface area contributed by atoms with Crippen LogP contribution in [-0.4, -0.2) is 50.1 Å². The first-order chi connectivity index (χ1) is 15.9. The lowest BCUT2D eigenvalue weighted by Crippen LogP contribution is -2.26. The van der Waals surface area contributed by atoms with Crippen molar-refractivity contribution in [2.75, 3.05) is 18.0 Å². The maximum Gasteiger partial charge on any atom is 0.294 e. The Morgan fingerprint density at radius 2 is 1.32 bits per heavy atom. The van der Waals surface area contributed by atoms with Crippen molar-refractivity contribution in [1.82, 2.24) is 4.98 Å². The lowest BCUT2D eigenvalue weighted by atomic mass is 10.2. The number of hydrogen-bond acceptors (Lipinski definition) is 7. The van der Waals surface area contributed by atoms with Crippen LogP contribution in [0.3, 0.4) is 0 Å². The highest BCUT2D eigenvalue weighted by molar-refractivity contribution is 7.86. The molecule has 0 radical (unpaired) electrons. The summed E-state index contributed by atoms with van der Waals surface area (Å²) in [6.45, 7) is 5.71. The van der Waals surface area contributed by atoms with Gasteiger partial charge in [0.15, 0.2) is 0 Å². The average molecular weight is 508 g/mol. The van der Waals surface area contributed by atoms with Crippen LogP contribution in [0.5, 0.6) is 0 Å². The molecule has 1 atom stereocenters. The van der Waals surface area contributed by atoms with Gasteiger partial charge in [-0.15, -0.1) is 0 Å². The Kier molecular flexibility index (Phi) is 9.71. The first-order valence-corrected chi connectivity index (χ1v) is 13.2. The number of rotatable bonds is 3. The number of aryl methyl sites for hydroxylation is 2. The molecule has 3 aromatic rings. The fourth-order valence-corrected chi connectivity index (χ4v) is 3.94. The minimum Gasteiger partial charge on any atom is -0.369 e. The molecule has 184 valence electrons. The Morgan fingerprint density at radius 1 is 0.853 bits per heavy atom. The monoisotopic (exact) mass is 507 g/mol. The fourth-order valence-electron chi connectivity index (χ4n) is 2.98. The van der Waals surface area contributed by atoms with Gasteiger partial charge in [-0.3, -0.25) is 14.1 Å². The van der Waals surface area contributed by atoms with E-state index in [9.17, 15) is 16.8 Å². The molecule has 0 aliphatic carbocycles. The summed E-state index contributed by atoms with van der Waals surface area (Å²) in [4.78, 5) is 6.21. The lowest BCUT2D eigenvalue weighted by molar-refractivity contribution is 0.481. The van der Waals surface area contributed by atoms with Gasteiger partial charge in [0.05, 0.1) is 21.7 Å². The van der Waals surface area contributed by atoms with E-state index in [1.807, 2.05) is 26.1 Å². The van der Waals surface area contributed by atoms with Crippen LogP contribution in [0.2, 0.25) is 0 Å². The summed E-state index contributed by atoms with van der Waals surface area (Å²) in [5.41, 5.74) is 8.90. The van der Waals surface area contributed by atoms with Gasteiger partial charge in [-0.25, -0.2) is 0 Å². The molecular formula is C23H29N3O6S2. The maximum atomic E-state index is 10.5. The van der Waals surface area contributed by atoms with Gasteiger partial charge in [0, 0.05) is 25.3 Å². The standard InChI is InChI=1S/C9H13N3.2C7H8O3S/c10-8-3-5-12(7-8)9-2-1-4-11-6-9;2*1-6-2-4-7(5-3-6)11(8,9)10/h1-2,4,6,8H,3,5,7,10H2;2*2-5H,1H3,(H,8,9,10). The second kappa shape index (κ2) is 12.0. The maximum absolute atomic E-state index is 10.5. The molecule has 1 unspecified atom stereocenters. The predicted molar refractivity (Wildman–Crippen MR) is 131 cm³/mol.